The number of nitrogens with zero attached hydrogens (tertiary/aromatic N) is 1. The monoisotopic (exact) mass is 409 g/mol. The minimum absolute atomic E-state index is 0.0250. The van der Waals surface area contributed by atoms with Crippen LogP contribution in [0.5, 0.6) is 0 Å². The first-order valence-corrected chi connectivity index (χ1v) is 9.52. The third-order valence-electron chi connectivity index (χ3n) is 4.70. The fourth-order valence-corrected chi connectivity index (χ4v) is 3.03. The van der Waals surface area contributed by atoms with Crippen LogP contribution in [0.1, 0.15) is 18.5 Å². The quantitative estimate of drug-likeness (QED) is 0.370. The molecule has 156 valence electrons. The van der Waals surface area contributed by atoms with E-state index in [2.05, 4.69) is 26.3 Å². The Morgan fingerprint density at radius 1 is 1.10 bits per heavy atom. The highest BCUT2D eigenvalue weighted by atomic mass is 16.4. The molecule has 1 heterocycles. The summed E-state index contributed by atoms with van der Waals surface area (Å²) < 4.78 is 0. The number of benzene rings is 2. The first-order chi connectivity index (χ1) is 14.4. The Bertz CT molecular complexity index is 1030. The number of carboxylic acid groups (broad SMARTS) is 1. The highest BCUT2D eigenvalue weighted by Crippen LogP contribution is 2.19. The van der Waals surface area contributed by atoms with Gasteiger partial charge in [0.25, 0.3) is 5.91 Å². The average molecular weight is 409 g/mol. The number of imidazole rings is 1. The summed E-state index contributed by atoms with van der Waals surface area (Å²) in [6, 6.07) is 11.6. The van der Waals surface area contributed by atoms with E-state index < -0.39 is 29.9 Å². The lowest BCUT2D eigenvalue weighted by molar-refractivity contribution is -0.406. The summed E-state index contributed by atoms with van der Waals surface area (Å²) in [5, 5.41) is 18.1. The van der Waals surface area contributed by atoms with Gasteiger partial charge < -0.3 is 31.3 Å². The molecule has 0 unspecified atom stereocenters. The fraction of sp³-hybridized carbons (Fsp3) is 0.238. The van der Waals surface area contributed by atoms with Crippen LogP contribution < -0.4 is 21.5 Å². The first-order valence-electron chi connectivity index (χ1n) is 9.52. The van der Waals surface area contributed by atoms with Crippen molar-refractivity contribution in [3.8, 4) is 0 Å². The number of carboxylic acids is 1. The molecule has 2 atom stereocenters. The van der Waals surface area contributed by atoms with E-state index in [4.69, 9.17) is 0 Å². The number of nitrogens with one attached hydrogen (secondary N) is 3. The van der Waals surface area contributed by atoms with E-state index in [1.54, 1.807) is 12.3 Å². The number of amides is 2. The summed E-state index contributed by atoms with van der Waals surface area (Å²) in [4.78, 5) is 42.8. The third kappa shape index (κ3) is 5.65. The highest BCUT2D eigenvalue weighted by molar-refractivity contribution is 5.99. The van der Waals surface area contributed by atoms with E-state index in [9.17, 15) is 19.5 Å². The summed E-state index contributed by atoms with van der Waals surface area (Å²) in [6.45, 7) is 0. The van der Waals surface area contributed by atoms with Gasteiger partial charge in [-0.25, -0.2) is 4.98 Å². The number of carbonyl (C=O) groups excluding carboxylic acids is 3. The van der Waals surface area contributed by atoms with Gasteiger partial charge in [-0.15, -0.1) is 0 Å². The third-order valence-corrected chi connectivity index (χ3v) is 4.70. The van der Waals surface area contributed by atoms with Gasteiger partial charge in [0.15, 0.2) is 6.04 Å². The summed E-state index contributed by atoms with van der Waals surface area (Å²) in [7, 11) is 0. The zero-order valence-corrected chi connectivity index (χ0v) is 16.3. The number of aromatic amines is 1. The van der Waals surface area contributed by atoms with Crippen molar-refractivity contribution in [3.05, 3.63) is 60.7 Å². The number of hydrogen-bond acceptors (Lipinski definition) is 5. The van der Waals surface area contributed by atoms with Crippen LogP contribution in [0.4, 0.5) is 5.69 Å². The van der Waals surface area contributed by atoms with Crippen LogP contribution in [0, 0.1) is 0 Å². The number of quaternary nitrogens is 1. The van der Waals surface area contributed by atoms with Crippen molar-refractivity contribution in [1.29, 1.82) is 0 Å². The average Bonchev–Trinajstić information content (AvgIpc) is 3.24. The molecule has 9 heteroatoms. The van der Waals surface area contributed by atoms with Crippen LogP contribution in [0.2, 0.25) is 0 Å². The molecule has 2 aromatic carbocycles. The number of anilines is 1. The van der Waals surface area contributed by atoms with Gasteiger partial charge in [0, 0.05) is 36.4 Å². The minimum atomic E-state index is -1.25. The van der Waals surface area contributed by atoms with E-state index in [-0.39, 0.29) is 19.3 Å². The molecule has 0 aliphatic rings. The van der Waals surface area contributed by atoms with Crippen LogP contribution in [-0.4, -0.2) is 39.8 Å². The van der Waals surface area contributed by atoms with Crippen LogP contribution in [0.15, 0.2) is 55.0 Å². The molecule has 0 saturated carbocycles. The molecule has 0 bridgehead atoms. The largest absolute Gasteiger partial charge is 0.550 e. The Morgan fingerprint density at radius 3 is 2.57 bits per heavy atom. The van der Waals surface area contributed by atoms with E-state index >= 15 is 0 Å². The molecular formula is C21H23N5O4. The Labute approximate surface area is 172 Å². The molecule has 0 aliphatic heterocycles. The van der Waals surface area contributed by atoms with E-state index in [0.717, 1.165) is 10.8 Å². The second-order valence-corrected chi connectivity index (χ2v) is 7.00. The molecule has 9 nitrogen and oxygen atoms in total. The van der Waals surface area contributed by atoms with E-state index in [1.807, 2.05) is 36.4 Å². The standard InChI is InChI=1S/C21H23N5O4/c22-17(7-8-19(27)28)20(29)26-18(10-16-11-23-12-24-16)21(30)25-15-6-5-13-3-1-2-4-14(13)9-15/h1-6,9,11-12,17-18H,7-8,10,22H2,(H,23,24)(H,25,30)(H,26,29)(H,27,28)/t17-,18-/m0/s1. The molecule has 2 amide bonds. The molecule has 1 aromatic heterocycles. The molecular weight excluding hydrogens is 386 g/mol. The Hall–Kier alpha value is -3.72. The topological polar surface area (TPSA) is 155 Å². The van der Waals surface area contributed by atoms with Crippen molar-refractivity contribution in [2.45, 2.75) is 31.3 Å². The second-order valence-electron chi connectivity index (χ2n) is 7.00. The Kier molecular flexibility index (Phi) is 6.76. The maximum absolute atomic E-state index is 12.9. The van der Waals surface area contributed by atoms with Crippen molar-refractivity contribution in [1.82, 2.24) is 15.3 Å². The second kappa shape index (κ2) is 9.66. The highest BCUT2D eigenvalue weighted by Gasteiger charge is 2.26. The van der Waals surface area contributed by atoms with Gasteiger partial charge >= 0.3 is 0 Å². The molecule has 0 radical (unpaired) electrons. The zero-order chi connectivity index (χ0) is 21.5. The maximum Gasteiger partial charge on any atom is 0.278 e. The van der Waals surface area contributed by atoms with Crippen LogP contribution in [-0.2, 0) is 20.8 Å². The number of rotatable bonds is 9. The molecule has 0 saturated heterocycles. The van der Waals surface area contributed by atoms with Gasteiger partial charge in [-0.2, -0.15) is 0 Å². The van der Waals surface area contributed by atoms with Gasteiger partial charge in [0.05, 0.1) is 6.33 Å². The molecule has 0 aliphatic carbocycles. The maximum atomic E-state index is 12.9. The van der Waals surface area contributed by atoms with Crippen molar-refractivity contribution in [2.75, 3.05) is 5.32 Å². The van der Waals surface area contributed by atoms with Crippen molar-refractivity contribution >= 4 is 34.2 Å². The van der Waals surface area contributed by atoms with Crippen molar-refractivity contribution in [2.24, 2.45) is 0 Å². The van der Waals surface area contributed by atoms with Crippen molar-refractivity contribution < 1.29 is 25.2 Å². The lowest BCUT2D eigenvalue weighted by atomic mass is 10.1. The summed E-state index contributed by atoms with van der Waals surface area (Å²) in [6.07, 6.45) is 2.99. The Morgan fingerprint density at radius 2 is 1.87 bits per heavy atom. The van der Waals surface area contributed by atoms with Gasteiger partial charge in [-0.3, -0.25) is 9.59 Å². The lowest BCUT2D eigenvalue weighted by Crippen LogP contribution is -2.69. The van der Waals surface area contributed by atoms with Crippen LogP contribution in [0.25, 0.3) is 10.8 Å². The number of carbonyl (C=O) groups is 3. The molecule has 30 heavy (non-hydrogen) atoms. The summed E-state index contributed by atoms with van der Waals surface area (Å²) in [5.74, 6) is -2.16. The SMILES string of the molecule is [NH3+][C@@H](CCC(=O)[O-])C(=O)N[C@@H](Cc1cnc[nH]1)C(=O)Nc1ccc2ccccc2c1. The van der Waals surface area contributed by atoms with Crippen LogP contribution >= 0.6 is 0 Å². The lowest BCUT2D eigenvalue weighted by Gasteiger charge is -2.19. The van der Waals surface area contributed by atoms with E-state index in [0.29, 0.717) is 11.4 Å². The zero-order valence-electron chi connectivity index (χ0n) is 16.3. The van der Waals surface area contributed by atoms with Gasteiger partial charge in [0.2, 0.25) is 5.91 Å². The number of aromatic nitrogens is 2. The van der Waals surface area contributed by atoms with Gasteiger partial charge in [0.1, 0.15) is 6.04 Å². The predicted molar refractivity (Wildman–Crippen MR) is 108 cm³/mol. The molecule has 3 rings (SSSR count). The molecule has 3 aromatic rings. The van der Waals surface area contributed by atoms with Gasteiger partial charge in [-0.1, -0.05) is 30.3 Å². The minimum Gasteiger partial charge on any atom is -0.550 e. The fourth-order valence-electron chi connectivity index (χ4n) is 3.03. The molecule has 0 spiro atoms. The number of hydrogen-bond donors (Lipinski definition) is 4. The number of aliphatic carboxylic acids is 1. The van der Waals surface area contributed by atoms with E-state index in [1.165, 1.54) is 6.33 Å². The first kappa shape index (κ1) is 21.0. The summed E-state index contributed by atoms with van der Waals surface area (Å²) in [5.41, 5.74) is 4.96. The molecule has 0 fully saturated rings. The van der Waals surface area contributed by atoms with Crippen molar-refractivity contribution in [3.63, 3.8) is 0 Å². The predicted octanol–water partition coefficient (Wildman–Crippen LogP) is -0.630. The van der Waals surface area contributed by atoms with Crippen LogP contribution in [0.3, 0.4) is 0 Å². The van der Waals surface area contributed by atoms with Gasteiger partial charge in [-0.05, 0) is 29.3 Å². The Balaban J connectivity index is 1.72. The number of fused-ring (bicyclic) bond motifs is 1. The summed E-state index contributed by atoms with van der Waals surface area (Å²) >= 11 is 0. The number of H-pyrrole nitrogens is 1. The normalized spacial score (nSPS) is 12.8. The molecule has 6 N–H and O–H groups in total. The smallest absolute Gasteiger partial charge is 0.278 e.